The van der Waals surface area contributed by atoms with Gasteiger partial charge in [-0.05, 0) is 67.3 Å². The molecule has 2 heterocycles. The molecule has 0 saturated carbocycles. The third-order valence-corrected chi connectivity index (χ3v) is 9.62. The van der Waals surface area contributed by atoms with Crippen LogP contribution in [0.15, 0.2) is 94.3 Å². The van der Waals surface area contributed by atoms with Gasteiger partial charge >= 0.3 is 0 Å². The molecule has 1 aliphatic heterocycles. The Morgan fingerprint density at radius 3 is 2.47 bits per heavy atom. The number of aliphatic hydroxyl groups is 1. The van der Waals surface area contributed by atoms with Crippen LogP contribution in [-0.2, 0) is 27.8 Å². The van der Waals surface area contributed by atoms with Crippen molar-refractivity contribution >= 4 is 37.8 Å². The van der Waals surface area contributed by atoms with Gasteiger partial charge in [0.15, 0.2) is 0 Å². The average Bonchev–Trinajstić information content (AvgIpc) is 3.52. The van der Waals surface area contributed by atoms with Gasteiger partial charge in [-0.25, -0.2) is 22.8 Å². The lowest BCUT2D eigenvalue weighted by atomic mass is 10.1. The van der Waals surface area contributed by atoms with Crippen molar-refractivity contribution in [2.75, 3.05) is 18.5 Å². The van der Waals surface area contributed by atoms with Crippen LogP contribution in [-0.4, -0.2) is 58.9 Å². The minimum absolute atomic E-state index is 0.0307. The first-order valence-electron chi connectivity index (χ1n) is 13.8. The number of carbonyl (C=O) groups excluding carboxylic acids is 1. The van der Waals surface area contributed by atoms with Crippen LogP contribution in [0.1, 0.15) is 24.1 Å². The molecule has 3 aromatic carbocycles. The van der Waals surface area contributed by atoms with E-state index in [1.807, 2.05) is 54.6 Å². The van der Waals surface area contributed by atoms with E-state index in [4.69, 9.17) is 0 Å². The van der Waals surface area contributed by atoms with Crippen LogP contribution < -0.4 is 10.6 Å². The number of hydrogen-bond acceptors (Lipinski definition) is 7. The molecule has 224 valence electrons. The van der Waals surface area contributed by atoms with Crippen molar-refractivity contribution in [3.63, 3.8) is 0 Å². The van der Waals surface area contributed by atoms with E-state index >= 15 is 0 Å². The molecule has 0 aliphatic carbocycles. The Hall–Kier alpha value is -3.71. The number of halogens is 2. The van der Waals surface area contributed by atoms with Crippen LogP contribution in [0.3, 0.4) is 0 Å². The largest absolute Gasteiger partial charge is 0.394 e. The fourth-order valence-electron chi connectivity index (χ4n) is 4.99. The van der Waals surface area contributed by atoms with Gasteiger partial charge in [0.2, 0.25) is 21.9 Å². The molecule has 1 aromatic heterocycles. The van der Waals surface area contributed by atoms with Crippen LogP contribution in [0.4, 0.5) is 10.3 Å². The van der Waals surface area contributed by atoms with Crippen molar-refractivity contribution in [3.8, 4) is 11.3 Å². The standard InChI is InChI=1S/C31H31BrFN5O4S/c32-23-10-8-22(9-11-23)28-18-25(35-31(37-28)36-26(20-39)17-21-5-2-1-3-6-21)19-34-30(40)29-7-4-16-38(29)43(41,42)27-14-12-24(33)13-15-27/h1-3,5-6,8-15,18,26,29,39H,4,7,16-17,19-20H2,(H,34,40)(H,35,36,37)/t26-,29-/m0/s1. The number of nitrogens with one attached hydrogen (secondary N) is 2. The second kappa shape index (κ2) is 13.7. The number of rotatable bonds is 11. The van der Waals surface area contributed by atoms with Gasteiger partial charge in [-0.3, -0.25) is 4.79 Å². The predicted octanol–water partition coefficient (Wildman–Crippen LogP) is 4.53. The van der Waals surface area contributed by atoms with Crippen LogP contribution in [0, 0.1) is 5.82 Å². The number of hydrogen-bond donors (Lipinski definition) is 3. The summed E-state index contributed by atoms with van der Waals surface area (Å²) < 4.78 is 41.9. The molecule has 12 heteroatoms. The van der Waals surface area contributed by atoms with E-state index in [9.17, 15) is 22.7 Å². The summed E-state index contributed by atoms with van der Waals surface area (Å²) in [7, 11) is -3.99. The van der Waals surface area contributed by atoms with Crippen LogP contribution in [0.2, 0.25) is 0 Å². The quantitative estimate of drug-likeness (QED) is 0.215. The predicted molar refractivity (Wildman–Crippen MR) is 165 cm³/mol. The summed E-state index contributed by atoms with van der Waals surface area (Å²) >= 11 is 3.45. The highest BCUT2D eigenvalue weighted by atomic mass is 79.9. The Morgan fingerprint density at radius 1 is 1.05 bits per heavy atom. The molecule has 0 spiro atoms. The highest BCUT2D eigenvalue weighted by Gasteiger charge is 2.39. The number of aliphatic hydroxyl groups excluding tert-OH is 1. The molecule has 1 fully saturated rings. The second-order valence-electron chi connectivity index (χ2n) is 10.2. The summed E-state index contributed by atoms with van der Waals surface area (Å²) in [4.78, 5) is 22.5. The van der Waals surface area contributed by atoms with Gasteiger partial charge < -0.3 is 15.7 Å². The fourth-order valence-corrected chi connectivity index (χ4v) is 6.91. The number of aromatic nitrogens is 2. The van der Waals surface area contributed by atoms with Gasteiger partial charge in [0.1, 0.15) is 11.9 Å². The summed E-state index contributed by atoms with van der Waals surface area (Å²) in [5.74, 6) is -0.693. The number of carbonyl (C=O) groups is 1. The highest BCUT2D eigenvalue weighted by Crippen LogP contribution is 2.27. The van der Waals surface area contributed by atoms with Gasteiger partial charge in [0.25, 0.3) is 0 Å². The lowest BCUT2D eigenvalue weighted by molar-refractivity contribution is -0.124. The van der Waals surface area contributed by atoms with E-state index < -0.39 is 27.8 Å². The SMILES string of the molecule is O=C(NCc1cc(-c2ccc(Br)cc2)nc(N[C@H](CO)Cc2ccccc2)n1)[C@@H]1CCCN1S(=O)(=O)c1ccc(F)cc1. The Kier molecular flexibility index (Phi) is 9.81. The minimum Gasteiger partial charge on any atom is -0.394 e. The lowest BCUT2D eigenvalue weighted by Gasteiger charge is -2.23. The summed E-state index contributed by atoms with van der Waals surface area (Å²) in [5.41, 5.74) is 3.00. The van der Waals surface area contributed by atoms with E-state index in [0.717, 1.165) is 27.7 Å². The van der Waals surface area contributed by atoms with E-state index in [0.29, 0.717) is 36.6 Å². The topological polar surface area (TPSA) is 125 Å². The minimum atomic E-state index is -3.99. The van der Waals surface area contributed by atoms with Crippen LogP contribution in [0.25, 0.3) is 11.3 Å². The van der Waals surface area contributed by atoms with E-state index in [1.165, 1.54) is 16.4 Å². The van der Waals surface area contributed by atoms with E-state index in [1.54, 1.807) is 6.07 Å². The molecule has 0 bridgehead atoms. The molecule has 0 radical (unpaired) electrons. The Morgan fingerprint density at radius 2 is 1.77 bits per heavy atom. The van der Waals surface area contributed by atoms with Gasteiger partial charge in [0.05, 0.1) is 35.5 Å². The monoisotopic (exact) mass is 667 g/mol. The van der Waals surface area contributed by atoms with Crippen LogP contribution in [0.5, 0.6) is 0 Å². The van der Waals surface area contributed by atoms with E-state index in [-0.39, 0.29) is 30.6 Å². The number of benzene rings is 3. The van der Waals surface area contributed by atoms with Crippen molar-refractivity contribution in [2.24, 2.45) is 0 Å². The first-order chi connectivity index (χ1) is 20.7. The molecule has 1 aliphatic rings. The number of anilines is 1. The zero-order valence-corrected chi connectivity index (χ0v) is 25.6. The molecule has 1 saturated heterocycles. The first kappa shape index (κ1) is 30.7. The van der Waals surface area contributed by atoms with Crippen molar-refractivity contribution in [1.82, 2.24) is 19.6 Å². The van der Waals surface area contributed by atoms with Gasteiger partial charge in [-0.2, -0.15) is 4.31 Å². The third kappa shape index (κ3) is 7.63. The van der Waals surface area contributed by atoms with Crippen molar-refractivity contribution in [1.29, 1.82) is 0 Å². The molecule has 0 unspecified atom stereocenters. The Bertz CT molecular complexity index is 1660. The van der Waals surface area contributed by atoms with Crippen LogP contribution >= 0.6 is 15.9 Å². The highest BCUT2D eigenvalue weighted by molar-refractivity contribution is 9.10. The summed E-state index contributed by atoms with van der Waals surface area (Å²) in [6, 6.07) is 22.5. The average molecular weight is 669 g/mol. The molecule has 5 rings (SSSR count). The maximum atomic E-state index is 13.4. The number of sulfonamides is 1. The molecular weight excluding hydrogens is 637 g/mol. The smallest absolute Gasteiger partial charge is 0.243 e. The normalized spacial score (nSPS) is 16.1. The molecule has 4 aromatic rings. The summed E-state index contributed by atoms with van der Waals surface area (Å²) in [6.07, 6.45) is 1.44. The number of amides is 1. The Labute approximate surface area is 258 Å². The summed E-state index contributed by atoms with van der Waals surface area (Å²) in [6.45, 7) is 0.0763. The number of nitrogens with zero attached hydrogens (tertiary/aromatic N) is 3. The molecule has 1 amide bonds. The molecule has 9 nitrogen and oxygen atoms in total. The lowest BCUT2D eigenvalue weighted by Crippen LogP contribution is -2.45. The molecular formula is C31H31BrFN5O4S. The van der Waals surface area contributed by atoms with Gasteiger partial charge in [0, 0.05) is 16.6 Å². The van der Waals surface area contributed by atoms with Crippen molar-refractivity contribution < 1.29 is 22.7 Å². The summed E-state index contributed by atoms with van der Waals surface area (Å²) in [5, 5.41) is 16.1. The van der Waals surface area contributed by atoms with Crippen molar-refractivity contribution in [3.05, 3.63) is 106 Å². The zero-order chi connectivity index (χ0) is 30.4. The molecule has 43 heavy (non-hydrogen) atoms. The first-order valence-corrected chi connectivity index (χ1v) is 16.1. The van der Waals surface area contributed by atoms with E-state index in [2.05, 4.69) is 36.5 Å². The van der Waals surface area contributed by atoms with Crippen molar-refractivity contribution in [2.45, 2.75) is 42.8 Å². The van der Waals surface area contributed by atoms with Gasteiger partial charge in [-0.1, -0.05) is 58.4 Å². The maximum absolute atomic E-state index is 13.4. The second-order valence-corrected chi connectivity index (χ2v) is 13.0. The molecule has 3 N–H and O–H groups in total. The third-order valence-electron chi connectivity index (χ3n) is 7.17. The zero-order valence-electron chi connectivity index (χ0n) is 23.2. The molecule has 2 atom stereocenters. The maximum Gasteiger partial charge on any atom is 0.243 e. The van der Waals surface area contributed by atoms with Gasteiger partial charge in [-0.15, -0.1) is 0 Å². The Balaban J connectivity index is 1.35. The fraction of sp³-hybridized carbons (Fsp3) is 0.258.